The first-order valence-electron chi connectivity index (χ1n) is 6.17. The molecule has 1 aromatic carbocycles. The highest BCUT2D eigenvalue weighted by atomic mass is 16.5. The molecule has 0 atom stereocenters. The molecule has 100 valence electrons. The molecular formula is C14H17N3O2. The van der Waals surface area contributed by atoms with Gasteiger partial charge in [-0.05, 0) is 12.5 Å². The van der Waals surface area contributed by atoms with Crippen molar-refractivity contribution in [2.75, 3.05) is 6.54 Å². The normalized spacial score (nSPS) is 10.2. The Morgan fingerprint density at radius 3 is 2.84 bits per heavy atom. The summed E-state index contributed by atoms with van der Waals surface area (Å²) < 4.78 is 7.02. The number of benzene rings is 1. The Bertz CT molecular complexity index is 522. The number of ether oxygens (including phenoxy) is 1. The van der Waals surface area contributed by atoms with Crippen molar-refractivity contribution < 1.29 is 9.53 Å². The van der Waals surface area contributed by atoms with Crippen molar-refractivity contribution in [3.05, 3.63) is 54.1 Å². The van der Waals surface area contributed by atoms with Crippen LogP contribution in [0.15, 0.2) is 42.9 Å². The van der Waals surface area contributed by atoms with Crippen molar-refractivity contribution >= 4 is 6.09 Å². The van der Waals surface area contributed by atoms with E-state index in [1.54, 1.807) is 6.33 Å². The minimum atomic E-state index is -0.402. The standard InChI is InChI=1S/C14H17N3O2/c1-12-9-17(11-16-12)8-7-15-14(18)19-10-13-5-3-2-4-6-13/h2-6,9,11H,7-8,10H2,1H3,(H,15,18). The summed E-state index contributed by atoms with van der Waals surface area (Å²) in [4.78, 5) is 15.6. The zero-order valence-electron chi connectivity index (χ0n) is 10.9. The number of hydrogen-bond acceptors (Lipinski definition) is 3. The molecule has 5 heteroatoms. The SMILES string of the molecule is Cc1cn(CCNC(=O)OCc2ccccc2)cn1. The zero-order chi connectivity index (χ0) is 13.5. The van der Waals surface area contributed by atoms with Gasteiger partial charge >= 0.3 is 6.09 Å². The van der Waals surface area contributed by atoms with Crippen LogP contribution in [0, 0.1) is 6.92 Å². The number of aryl methyl sites for hydroxylation is 1. The molecule has 0 radical (unpaired) electrons. The van der Waals surface area contributed by atoms with E-state index in [1.807, 2.05) is 48.0 Å². The molecule has 2 aromatic rings. The molecule has 2 rings (SSSR count). The smallest absolute Gasteiger partial charge is 0.407 e. The number of carbonyl (C=O) groups excluding carboxylic acids is 1. The number of carbonyl (C=O) groups is 1. The van der Waals surface area contributed by atoms with Crippen molar-refractivity contribution in [1.29, 1.82) is 0 Å². The summed E-state index contributed by atoms with van der Waals surface area (Å²) in [6.45, 7) is 3.42. The zero-order valence-corrected chi connectivity index (χ0v) is 10.9. The van der Waals surface area contributed by atoms with E-state index in [-0.39, 0.29) is 6.61 Å². The van der Waals surface area contributed by atoms with Crippen LogP contribution < -0.4 is 5.32 Å². The van der Waals surface area contributed by atoms with E-state index < -0.39 is 6.09 Å². The summed E-state index contributed by atoms with van der Waals surface area (Å²) in [5, 5.41) is 2.70. The molecule has 1 heterocycles. The number of amides is 1. The summed E-state index contributed by atoms with van der Waals surface area (Å²) in [7, 11) is 0. The number of imidazole rings is 1. The Morgan fingerprint density at radius 2 is 2.16 bits per heavy atom. The second-order valence-electron chi connectivity index (χ2n) is 4.24. The van der Waals surface area contributed by atoms with Crippen LogP contribution in [0.4, 0.5) is 4.79 Å². The molecular weight excluding hydrogens is 242 g/mol. The fourth-order valence-corrected chi connectivity index (χ4v) is 1.66. The lowest BCUT2D eigenvalue weighted by Crippen LogP contribution is -2.27. The summed E-state index contributed by atoms with van der Waals surface area (Å²) in [6, 6.07) is 9.59. The average Bonchev–Trinajstić information content (AvgIpc) is 2.83. The van der Waals surface area contributed by atoms with E-state index in [0.29, 0.717) is 13.1 Å². The highest BCUT2D eigenvalue weighted by molar-refractivity contribution is 5.67. The third-order valence-corrected chi connectivity index (χ3v) is 2.61. The lowest BCUT2D eigenvalue weighted by atomic mass is 10.2. The first kappa shape index (κ1) is 13.1. The van der Waals surface area contributed by atoms with Gasteiger partial charge in [0.25, 0.3) is 0 Å². The fraction of sp³-hybridized carbons (Fsp3) is 0.286. The van der Waals surface area contributed by atoms with Gasteiger partial charge in [-0.2, -0.15) is 0 Å². The van der Waals surface area contributed by atoms with Gasteiger partial charge in [-0.1, -0.05) is 30.3 Å². The van der Waals surface area contributed by atoms with Crippen LogP contribution in [0.5, 0.6) is 0 Å². The van der Waals surface area contributed by atoms with E-state index in [0.717, 1.165) is 11.3 Å². The summed E-state index contributed by atoms with van der Waals surface area (Å²) in [5.41, 5.74) is 1.94. The lowest BCUT2D eigenvalue weighted by Gasteiger charge is -2.07. The molecule has 1 amide bonds. The van der Waals surface area contributed by atoms with Gasteiger partial charge in [-0.25, -0.2) is 9.78 Å². The Balaban J connectivity index is 1.65. The van der Waals surface area contributed by atoms with Crippen LogP contribution in [0.3, 0.4) is 0 Å². The Labute approximate surface area is 112 Å². The second-order valence-corrected chi connectivity index (χ2v) is 4.24. The molecule has 0 bridgehead atoms. The van der Waals surface area contributed by atoms with Crippen LogP contribution in [-0.4, -0.2) is 22.2 Å². The average molecular weight is 259 g/mol. The largest absolute Gasteiger partial charge is 0.445 e. The van der Waals surface area contributed by atoms with Crippen molar-refractivity contribution in [1.82, 2.24) is 14.9 Å². The van der Waals surface area contributed by atoms with E-state index in [9.17, 15) is 4.79 Å². The summed E-state index contributed by atoms with van der Waals surface area (Å²) in [5.74, 6) is 0. The van der Waals surface area contributed by atoms with Gasteiger partial charge in [0.1, 0.15) is 6.61 Å². The summed E-state index contributed by atoms with van der Waals surface area (Å²) in [6.07, 6.45) is 3.27. The molecule has 0 spiro atoms. The Morgan fingerprint density at radius 1 is 1.37 bits per heavy atom. The number of nitrogens with one attached hydrogen (secondary N) is 1. The lowest BCUT2D eigenvalue weighted by molar-refractivity contribution is 0.139. The number of nitrogens with zero attached hydrogens (tertiary/aromatic N) is 2. The molecule has 0 unspecified atom stereocenters. The van der Waals surface area contributed by atoms with Crippen molar-refractivity contribution in [2.24, 2.45) is 0 Å². The van der Waals surface area contributed by atoms with E-state index in [2.05, 4.69) is 10.3 Å². The van der Waals surface area contributed by atoms with Crippen LogP contribution in [0.2, 0.25) is 0 Å². The highest BCUT2D eigenvalue weighted by Gasteiger charge is 2.02. The van der Waals surface area contributed by atoms with Crippen LogP contribution in [0.1, 0.15) is 11.3 Å². The maximum Gasteiger partial charge on any atom is 0.407 e. The van der Waals surface area contributed by atoms with Crippen LogP contribution in [-0.2, 0) is 17.9 Å². The van der Waals surface area contributed by atoms with E-state index in [4.69, 9.17) is 4.74 Å². The number of aromatic nitrogens is 2. The Kier molecular flexibility index (Phi) is 4.55. The van der Waals surface area contributed by atoms with Crippen molar-refractivity contribution in [2.45, 2.75) is 20.1 Å². The maximum absolute atomic E-state index is 11.5. The number of alkyl carbamates (subject to hydrolysis) is 1. The van der Waals surface area contributed by atoms with Gasteiger partial charge < -0.3 is 14.6 Å². The molecule has 0 fully saturated rings. The van der Waals surface area contributed by atoms with Crippen LogP contribution >= 0.6 is 0 Å². The Hall–Kier alpha value is -2.30. The van der Waals surface area contributed by atoms with Gasteiger partial charge in [0.2, 0.25) is 0 Å². The van der Waals surface area contributed by atoms with Gasteiger partial charge in [0.05, 0.1) is 12.0 Å². The predicted molar refractivity (Wildman–Crippen MR) is 71.6 cm³/mol. The van der Waals surface area contributed by atoms with Crippen molar-refractivity contribution in [3.63, 3.8) is 0 Å². The highest BCUT2D eigenvalue weighted by Crippen LogP contribution is 2.00. The first-order chi connectivity index (χ1) is 9.24. The molecule has 1 aromatic heterocycles. The third-order valence-electron chi connectivity index (χ3n) is 2.61. The number of rotatable bonds is 5. The molecule has 0 aliphatic rings. The number of hydrogen-bond donors (Lipinski definition) is 1. The van der Waals surface area contributed by atoms with Gasteiger partial charge in [-0.3, -0.25) is 0 Å². The van der Waals surface area contributed by atoms with Crippen molar-refractivity contribution in [3.8, 4) is 0 Å². The quantitative estimate of drug-likeness (QED) is 0.894. The monoisotopic (exact) mass is 259 g/mol. The minimum Gasteiger partial charge on any atom is -0.445 e. The topological polar surface area (TPSA) is 56.2 Å². The van der Waals surface area contributed by atoms with Gasteiger partial charge in [0.15, 0.2) is 0 Å². The van der Waals surface area contributed by atoms with Gasteiger partial charge in [0, 0.05) is 19.3 Å². The minimum absolute atomic E-state index is 0.289. The molecule has 19 heavy (non-hydrogen) atoms. The third kappa shape index (κ3) is 4.46. The fourth-order valence-electron chi connectivity index (χ4n) is 1.66. The van der Waals surface area contributed by atoms with E-state index in [1.165, 1.54) is 0 Å². The molecule has 5 nitrogen and oxygen atoms in total. The van der Waals surface area contributed by atoms with Gasteiger partial charge in [-0.15, -0.1) is 0 Å². The van der Waals surface area contributed by atoms with Crippen LogP contribution in [0.25, 0.3) is 0 Å². The first-order valence-corrected chi connectivity index (χ1v) is 6.17. The second kappa shape index (κ2) is 6.58. The molecule has 0 aliphatic carbocycles. The predicted octanol–water partition coefficient (Wildman–Crippen LogP) is 2.12. The molecule has 1 N–H and O–H groups in total. The maximum atomic E-state index is 11.5. The molecule has 0 aliphatic heterocycles. The molecule has 0 saturated carbocycles. The summed E-state index contributed by atoms with van der Waals surface area (Å²) >= 11 is 0. The van der Waals surface area contributed by atoms with E-state index >= 15 is 0 Å². The molecule has 0 saturated heterocycles.